The van der Waals surface area contributed by atoms with Crippen molar-refractivity contribution in [3.63, 3.8) is 0 Å². The van der Waals surface area contributed by atoms with Gasteiger partial charge in [-0.1, -0.05) is 30.3 Å². The number of aliphatic hydroxyl groups excluding tert-OH is 1. The molecule has 1 aliphatic rings. The lowest BCUT2D eigenvalue weighted by molar-refractivity contribution is 0.177. The van der Waals surface area contributed by atoms with E-state index < -0.39 is 0 Å². The van der Waals surface area contributed by atoms with E-state index in [1.54, 1.807) is 0 Å². The van der Waals surface area contributed by atoms with Crippen LogP contribution in [0.1, 0.15) is 12.0 Å². The third kappa shape index (κ3) is 3.36. The Balaban J connectivity index is 1.58. The Bertz CT molecular complexity index is 861. The Morgan fingerprint density at radius 3 is 2.88 bits per heavy atom. The molecule has 6 heteroatoms. The van der Waals surface area contributed by atoms with Gasteiger partial charge in [-0.3, -0.25) is 4.90 Å². The number of benzene rings is 1. The zero-order valence-electron chi connectivity index (χ0n) is 14.4. The highest BCUT2D eigenvalue weighted by Gasteiger charge is 2.19. The summed E-state index contributed by atoms with van der Waals surface area (Å²) >= 11 is 0. The number of fused-ring (bicyclic) bond motifs is 1. The average Bonchev–Trinajstić information content (AvgIpc) is 3.22. The summed E-state index contributed by atoms with van der Waals surface area (Å²) < 4.78 is 1.86. The largest absolute Gasteiger partial charge is 0.392 e. The first-order valence-electron chi connectivity index (χ1n) is 8.76. The number of hydrogen-bond acceptors (Lipinski definition) is 5. The van der Waals surface area contributed by atoms with Crippen molar-refractivity contribution in [1.82, 2.24) is 19.5 Å². The van der Waals surface area contributed by atoms with Crippen molar-refractivity contribution in [3.8, 4) is 11.3 Å². The van der Waals surface area contributed by atoms with E-state index in [-0.39, 0.29) is 6.10 Å². The molecule has 1 atom stereocenters. The van der Waals surface area contributed by atoms with Crippen molar-refractivity contribution < 1.29 is 5.11 Å². The molecule has 1 aromatic carbocycles. The van der Waals surface area contributed by atoms with Gasteiger partial charge in [0.1, 0.15) is 5.82 Å². The monoisotopic (exact) mass is 337 g/mol. The van der Waals surface area contributed by atoms with Crippen LogP contribution in [0.15, 0.2) is 42.6 Å². The Labute approximate surface area is 147 Å². The molecule has 1 unspecified atom stereocenters. The third-order valence-corrected chi connectivity index (χ3v) is 4.70. The highest BCUT2D eigenvalue weighted by molar-refractivity contribution is 5.67. The fourth-order valence-electron chi connectivity index (χ4n) is 3.31. The van der Waals surface area contributed by atoms with Crippen LogP contribution in [0.5, 0.6) is 0 Å². The van der Waals surface area contributed by atoms with Crippen LogP contribution in [0.4, 0.5) is 5.82 Å². The average molecular weight is 337 g/mol. The minimum absolute atomic E-state index is 0.175. The first-order valence-corrected chi connectivity index (χ1v) is 8.76. The molecule has 3 aromatic rings. The van der Waals surface area contributed by atoms with Crippen LogP contribution in [0, 0.1) is 6.92 Å². The van der Waals surface area contributed by atoms with Gasteiger partial charge in [-0.15, -0.1) is 0 Å². The fourth-order valence-corrected chi connectivity index (χ4v) is 3.31. The van der Waals surface area contributed by atoms with Crippen molar-refractivity contribution in [3.05, 3.63) is 48.2 Å². The van der Waals surface area contributed by atoms with E-state index in [9.17, 15) is 5.11 Å². The molecule has 1 saturated heterocycles. The summed E-state index contributed by atoms with van der Waals surface area (Å²) in [5, 5.41) is 17.6. The number of likely N-dealkylation sites (tertiary alicyclic amines) is 1. The molecule has 0 bridgehead atoms. The number of hydrogen-bond donors (Lipinski definition) is 2. The molecule has 3 heterocycles. The van der Waals surface area contributed by atoms with Crippen LogP contribution >= 0.6 is 0 Å². The number of anilines is 1. The standard InChI is InChI=1S/C19H23N5O/c1-14-12-21-24-18(20-8-10-23-9-7-16(25)13-23)11-17(22-19(14)24)15-5-3-2-4-6-15/h2-6,11-12,16,20,25H,7-10,13H2,1H3. The molecule has 0 amide bonds. The maximum atomic E-state index is 9.64. The lowest BCUT2D eigenvalue weighted by Crippen LogP contribution is -2.28. The van der Waals surface area contributed by atoms with Crippen LogP contribution in [0.25, 0.3) is 16.9 Å². The van der Waals surface area contributed by atoms with Gasteiger partial charge in [-0.05, 0) is 13.3 Å². The molecule has 1 aliphatic heterocycles. The highest BCUT2D eigenvalue weighted by atomic mass is 16.3. The van der Waals surface area contributed by atoms with Gasteiger partial charge in [0, 0.05) is 43.4 Å². The fraction of sp³-hybridized carbons (Fsp3) is 0.368. The molecule has 2 aromatic heterocycles. The van der Waals surface area contributed by atoms with Gasteiger partial charge in [0.2, 0.25) is 0 Å². The Kier molecular flexibility index (Phi) is 4.38. The van der Waals surface area contributed by atoms with Crippen LogP contribution < -0.4 is 5.32 Å². The van der Waals surface area contributed by atoms with Crippen molar-refractivity contribution in [2.24, 2.45) is 0 Å². The molecule has 25 heavy (non-hydrogen) atoms. The molecule has 4 rings (SSSR count). The second-order valence-electron chi connectivity index (χ2n) is 6.63. The smallest absolute Gasteiger partial charge is 0.160 e. The molecule has 130 valence electrons. The van der Waals surface area contributed by atoms with Gasteiger partial charge in [0.25, 0.3) is 0 Å². The molecule has 0 spiro atoms. The van der Waals surface area contributed by atoms with Gasteiger partial charge < -0.3 is 10.4 Å². The third-order valence-electron chi connectivity index (χ3n) is 4.70. The summed E-state index contributed by atoms with van der Waals surface area (Å²) in [6, 6.07) is 12.2. The summed E-state index contributed by atoms with van der Waals surface area (Å²) in [5.41, 5.74) is 3.97. The van der Waals surface area contributed by atoms with E-state index in [2.05, 4.69) is 27.4 Å². The zero-order chi connectivity index (χ0) is 17.2. The summed E-state index contributed by atoms with van der Waals surface area (Å²) in [7, 11) is 0. The second-order valence-corrected chi connectivity index (χ2v) is 6.63. The number of aromatic nitrogens is 3. The molecule has 0 saturated carbocycles. The molecule has 0 radical (unpaired) electrons. The van der Waals surface area contributed by atoms with Crippen LogP contribution in [-0.2, 0) is 0 Å². The van der Waals surface area contributed by atoms with Crippen molar-refractivity contribution >= 4 is 11.5 Å². The molecular weight excluding hydrogens is 314 g/mol. The first kappa shape index (κ1) is 16.1. The Morgan fingerprint density at radius 1 is 1.28 bits per heavy atom. The quantitative estimate of drug-likeness (QED) is 0.747. The zero-order valence-corrected chi connectivity index (χ0v) is 14.4. The predicted molar refractivity (Wildman–Crippen MR) is 98.7 cm³/mol. The summed E-state index contributed by atoms with van der Waals surface area (Å²) in [6.45, 7) is 5.47. The number of aliphatic hydroxyl groups is 1. The van der Waals surface area contributed by atoms with Crippen molar-refractivity contribution in [1.29, 1.82) is 0 Å². The number of nitrogens with zero attached hydrogens (tertiary/aromatic N) is 4. The molecule has 2 N–H and O–H groups in total. The van der Waals surface area contributed by atoms with Crippen LogP contribution in [0.2, 0.25) is 0 Å². The number of nitrogens with one attached hydrogen (secondary N) is 1. The maximum Gasteiger partial charge on any atom is 0.160 e. The van der Waals surface area contributed by atoms with Gasteiger partial charge in [-0.2, -0.15) is 9.61 Å². The minimum atomic E-state index is -0.175. The Hall–Kier alpha value is -2.44. The number of aryl methyl sites for hydroxylation is 1. The predicted octanol–water partition coefficient (Wildman–Crippen LogP) is 2.18. The van der Waals surface area contributed by atoms with Crippen molar-refractivity contribution in [2.75, 3.05) is 31.5 Å². The van der Waals surface area contributed by atoms with E-state index in [4.69, 9.17) is 4.98 Å². The maximum absolute atomic E-state index is 9.64. The topological polar surface area (TPSA) is 65.7 Å². The van der Waals surface area contributed by atoms with Crippen LogP contribution in [0.3, 0.4) is 0 Å². The normalized spacial score (nSPS) is 18.1. The minimum Gasteiger partial charge on any atom is -0.392 e. The van der Waals surface area contributed by atoms with Gasteiger partial charge in [0.05, 0.1) is 18.0 Å². The van der Waals surface area contributed by atoms with E-state index in [1.165, 1.54) is 0 Å². The van der Waals surface area contributed by atoms with E-state index in [0.717, 1.165) is 60.9 Å². The van der Waals surface area contributed by atoms with Gasteiger partial charge >= 0.3 is 0 Å². The van der Waals surface area contributed by atoms with Gasteiger partial charge in [0.15, 0.2) is 5.65 Å². The lowest BCUT2D eigenvalue weighted by Gasteiger charge is -2.16. The number of β-amino-alcohol motifs (C(OH)–C–C–N with tert-alkyl or cyclic N) is 1. The molecular formula is C19H23N5O. The van der Waals surface area contributed by atoms with Crippen molar-refractivity contribution in [2.45, 2.75) is 19.4 Å². The summed E-state index contributed by atoms with van der Waals surface area (Å²) in [4.78, 5) is 7.06. The molecule has 6 nitrogen and oxygen atoms in total. The highest BCUT2D eigenvalue weighted by Crippen LogP contribution is 2.23. The molecule has 0 aliphatic carbocycles. The van der Waals surface area contributed by atoms with Crippen LogP contribution in [-0.4, -0.2) is 56.9 Å². The van der Waals surface area contributed by atoms with E-state index in [1.807, 2.05) is 41.9 Å². The lowest BCUT2D eigenvalue weighted by atomic mass is 10.1. The van der Waals surface area contributed by atoms with Gasteiger partial charge in [-0.25, -0.2) is 4.98 Å². The first-order chi connectivity index (χ1) is 12.2. The SMILES string of the molecule is Cc1cnn2c(NCCN3CCC(O)C3)cc(-c3ccccc3)nc12. The summed E-state index contributed by atoms with van der Waals surface area (Å²) in [5.74, 6) is 0.941. The Morgan fingerprint density at radius 2 is 2.12 bits per heavy atom. The number of rotatable bonds is 5. The molecule has 1 fully saturated rings. The van der Waals surface area contributed by atoms with E-state index in [0.29, 0.717) is 0 Å². The van der Waals surface area contributed by atoms with E-state index >= 15 is 0 Å². The second kappa shape index (κ2) is 6.82. The summed E-state index contributed by atoms with van der Waals surface area (Å²) in [6.07, 6.45) is 2.54.